The Bertz CT molecular complexity index is 1150. The van der Waals surface area contributed by atoms with Crippen LogP contribution in [0.1, 0.15) is 21.9 Å². The van der Waals surface area contributed by atoms with E-state index in [-0.39, 0.29) is 5.91 Å². The predicted molar refractivity (Wildman–Crippen MR) is 107 cm³/mol. The van der Waals surface area contributed by atoms with Gasteiger partial charge >= 0.3 is 0 Å². The first-order valence-corrected chi connectivity index (χ1v) is 9.19. The van der Waals surface area contributed by atoms with Gasteiger partial charge in [-0.25, -0.2) is 4.68 Å². The van der Waals surface area contributed by atoms with Gasteiger partial charge in [-0.05, 0) is 44.2 Å². The molecule has 7 nitrogen and oxygen atoms in total. The number of pyridine rings is 1. The standard InChI is InChI=1S/C19H17BrN6O/c1-12-10-13(2)26(23-12)11-25-9-7-17(24-25)19(27)22-16-6-5-15(20)14-4-3-8-21-18(14)16/h3-10H,11H2,1-2H3,(H,22,27). The Balaban J connectivity index is 1.55. The van der Waals surface area contributed by atoms with E-state index in [0.717, 1.165) is 26.8 Å². The predicted octanol–water partition coefficient (Wildman–Crippen LogP) is 3.77. The number of anilines is 1. The Labute approximate surface area is 164 Å². The molecule has 3 heterocycles. The van der Waals surface area contributed by atoms with Crippen molar-refractivity contribution < 1.29 is 4.79 Å². The van der Waals surface area contributed by atoms with Gasteiger partial charge < -0.3 is 5.32 Å². The van der Waals surface area contributed by atoms with Crippen LogP contribution in [0, 0.1) is 13.8 Å². The summed E-state index contributed by atoms with van der Waals surface area (Å²) in [6.45, 7) is 4.39. The summed E-state index contributed by atoms with van der Waals surface area (Å²) < 4.78 is 4.46. The Kier molecular flexibility index (Phi) is 4.49. The Morgan fingerprint density at radius 1 is 1.19 bits per heavy atom. The number of aromatic nitrogens is 5. The van der Waals surface area contributed by atoms with Crippen LogP contribution < -0.4 is 5.32 Å². The molecule has 4 rings (SSSR count). The van der Waals surface area contributed by atoms with Gasteiger partial charge in [0.2, 0.25) is 0 Å². The molecule has 1 aromatic carbocycles. The normalized spacial score (nSPS) is 11.1. The van der Waals surface area contributed by atoms with Crippen molar-refractivity contribution in [2.75, 3.05) is 5.32 Å². The second-order valence-corrected chi connectivity index (χ2v) is 7.11. The van der Waals surface area contributed by atoms with Crippen LogP contribution in [-0.2, 0) is 6.67 Å². The van der Waals surface area contributed by atoms with Crippen molar-refractivity contribution in [1.29, 1.82) is 0 Å². The SMILES string of the molecule is Cc1cc(C)n(Cn2ccc(C(=O)Nc3ccc(Br)c4cccnc34)n2)n1. The second-order valence-electron chi connectivity index (χ2n) is 6.26. The van der Waals surface area contributed by atoms with Crippen LogP contribution in [0.15, 0.2) is 53.3 Å². The molecule has 3 aromatic heterocycles. The van der Waals surface area contributed by atoms with Crippen LogP contribution in [-0.4, -0.2) is 30.5 Å². The molecule has 1 amide bonds. The highest BCUT2D eigenvalue weighted by molar-refractivity contribution is 9.10. The van der Waals surface area contributed by atoms with Crippen LogP contribution in [0.25, 0.3) is 10.9 Å². The molecule has 0 bridgehead atoms. The Morgan fingerprint density at radius 2 is 2.04 bits per heavy atom. The minimum Gasteiger partial charge on any atom is -0.319 e. The molecule has 4 aromatic rings. The summed E-state index contributed by atoms with van der Waals surface area (Å²) in [6.07, 6.45) is 3.47. The number of benzene rings is 1. The van der Waals surface area contributed by atoms with Crippen LogP contribution in [0.2, 0.25) is 0 Å². The van der Waals surface area contributed by atoms with Crippen molar-refractivity contribution in [2.45, 2.75) is 20.5 Å². The number of halogens is 1. The van der Waals surface area contributed by atoms with E-state index in [9.17, 15) is 4.79 Å². The van der Waals surface area contributed by atoms with Crippen molar-refractivity contribution in [1.82, 2.24) is 24.5 Å². The average molecular weight is 425 g/mol. The Morgan fingerprint density at radius 3 is 2.81 bits per heavy atom. The number of carbonyl (C=O) groups is 1. The van der Waals surface area contributed by atoms with Crippen molar-refractivity contribution in [3.8, 4) is 0 Å². The minimum absolute atomic E-state index is 0.281. The summed E-state index contributed by atoms with van der Waals surface area (Å²) in [5, 5.41) is 12.6. The molecule has 1 N–H and O–H groups in total. The molecule has 0 aliphatic carbocycles. The van der Waals surface area contributed by atoms with Crippen molar-refractivity contribution in [3.05, 3.63) is 70.3 Å². The zero-order valence-electron chi connectivity index (χ0n) is 14.8. The summed E-state index contributed by atoms with van der Waals surface area (Å²) >= 11 is 3.51. The molecule has 8 heteroatoms. The smallest absolute Gasteiger partial charge is 0.276 e. The number of amides is 1. The van der Waals surface area contributed by atoms with Gasteiger partial charge in [-0.1, -0.05) is 22.0 Å². The van der Waals surface area contributed by atoms with Gasteiger partial charge in [0.05, 0.1) is 16.9 Å². The lowest BCUT2D eigenvalue weighted by Gasteiger charge is -2.08. The fourth-order valence-electron chi connectivity index (χ4n) is 2.94. The molecule has 27 heavy (non-hydrogen) atoms. The third kappa shape index (κ3) is 3.48. The fourth-order valence-corrected chi connectivity index (χ4v) is 3.39. The largest absolute Gasteiger partial charge is 0.319 e. The maximum atomic E-state index is 12.6. The van der Waals surface area contributed by atoms with E-state index in [2.05, 4.69) is 36.4 Å². The topological polar surface area (TPSA) is 77.6 Å². The number of nitrogens with zero attached hydrogens (tertiary/aromatic N) is 5. The molecule has 0 saturated carbocycles. The highest BCUT2D eigenvalue weighted by Gasteiger charge is 2.13. The van der Waals surface area contributed by atoms with Crippen molar-refractivity contribution in [3.63, 3.8) is 0 Å². The van der Waals surface area contributed by atoms with Crippen LogP contribution in [0.5, 0.6) is 0 Å². The number of hydrogen-bond acceptors (Lipinski definition) is 4. The molecular weight excluding hydrogens is 408 g/mol. The number of carbonyl (C=O) groups excluding carboxylic acids is 1. The van der Waals surface area contributed by atoms with Gasteiger partial charge in [0.15, 0.2) is 5.69 Å². The summed E-state index contributed by atoms with van der Waals surface area (Å²) in [5.74, 6) is -0.281. The molecule has 0 unspecified atom stereocenters. The van der Waals surface area contributed by atoms with Crippen molar-refractivity contribution >= 4 is 38.4 Å². The summed E-state index contributed by atoms with van der Waals surface area (Å²) in [4.78, 5) is 17.0. The van der Waals surface area contributed by atoms with Gasteiger partial charge in [-0.15, -0.1) is 0 Å². The minimum atomic E-state index is -0.281. The second kappa shape index (κ2) is 6.96. The molecule has 0 saturated heterocycles. The molecule has 0 spiro atoms. The first-order valence-electron chi connectivity index (χ1n) is 8.40. The number of nitrogens with one attached hydrogen (secondary N) is 1. The Hall–Kier alpha value is -3.00. The van der Waals surface area contributed by atoms with E-state index < -0.39 is 0 Å². The van der Waals surface area contributed by atoms with Crippen molar-refractivity contribution in [2.24, 2.45) is 0 Å². The maximum Gasteiger partial charge on any atom is 0.276 e. The fraction of sp³-hybridized carbons (Fsp3) is 0.158. The zero-order valence-corrected chi connectivity index (χ0v) is 16.4. The van der Waals surface area contributed by atoms with E-state index in [1.54, 1.807) is 23.1 Å². The summed E-state index contributed by atoms with van der Waals surface area (Å²) in [5.41, 5.74) is 3.70. The first kappa shape index (κ1) is 17.4. The molecule has 0 aliphatic rings. The number of hydrogen-bond donors (Lipinski definition) is 1. The summed E-state index contributed by atoms with van der Waals surface area (Å²) in [6, 6.07) is 11.2. The lowest BCUT2D eigenvalue weighted by atomic mass is 10.2. The van der Waals surface area contributed by atoms with E-state index >= 15 is 0 Å². The van der Waals surface area contributed by atoms with Gasteiger partial charge in [0, 0.05) is 27.9 Å². The van der Waals surface area contributed by atoms with E-state index in [0.29, 0.717) is 18.1 Å². The van der Waals surface area contributed by atoms with E-state index in [1.807, 2.05) is 48.9 Å². The lowest BCUT2D eigenvalue weighted by molar-refractivity contribution is 0.102. The zero-order chi connectivity index (χ0) is 19.0. The third-order valence-electron chi connectivity index (χ3n) is 4.22. The van der Waals surface area contributed by atoms with Crippen LogP contribution >= 0.6 is 15.9 Å². The van der Waals surface area contributed by atoms with Crippen LogP contribution in [0.4, 0.5) is 5.69 Å². The number of fused-ring (bicyclic) bond motifs is 1. The third-order valence-corrected chi connectivity index (χ3v) is 4.91. The molecular formula is C19H17BrN6O. The molecule has 0 atom stereocenters. The lowest BCUT2D eigenvalue weighted by Crippen LogP contribution is -2.16. The monoisotopic (exact) mass is 424 g/mol. The highest BCUT2D eigenvalue weighted by atomic mass is 79.9. The van der Waals surface area contributed by atoms with Gasteiger partial charge in [0.25, 0.3) is 5.91 Å². The quantitative estimate of drug-likeness (QED) is 0.540. The molecule has 136 valence electrons. The van der Waals surface area contributed by atoms with E-state index in [1.165, 1.54) is 0 Å². The molecule has 0 aliphatic heterocycles. The average Bonchev–Trinajstić information content (AvgIpc) is 3.24. The van der Waals surface area contributed by atoms with E-state index in [4.69, 9.17) is 0 Å². The van der Waals surface area contributed by atoms with Gasteiger partial charge in [-0.3, -0.25) is 14.5 Å². The van der Waals surface area contributed by atoms with Gasteiger partial charge in [-0.2, -0.15) is 10.2 Å². The first-order chi connectivity index (χ1) is 13.0. The maximum absolute atomic E-state index is 12.6. The molecule has 0 radical (unpaired) electrons. The number of rotatable bonds is 4. The molecule has 0 fully saturated rings. The number of aryl methyl sites for hydroxylation is 2. The summed E-state index contributed by atoms with van der Waals surface area (Å²) in [7, 11) is 0. The van der Waals surface area contributed by atoms with Crippen LogP contribution in [0.3, 0.4) is 0 Å². The van der Waals surface area contributed by atoms with Gasteiger partial charge in [0.1, 0.15) is 6.67 Å². The highest BCUT2D eigenvalue weighted by Crippen LogP contribution is 2.28.